The van der Waals surface area contributed by atoms with Crippen molar-refractivity contribution in [2.45, 2.75) is 38.6 Å². The fraction of sp³-hybridized carbons (Fsp3) is 0.625. The predicted octanol–water partition coefficient (Wildman–Crippen LogP) is 2.44. The van der Waals surface area contributed by atoms with Crippen molar-refractivity contribution in [3.63, 3.8) is 0 Å². The topological polar surface area (TPSA) is 37.4 Å². The van der Waals surface area contributed by atoms with E-state index in [9.17, 15) is 8.42 Å². The Bertz CT molecular complexity index is 522. The van der Waals surface area contributed by atoms with E-state index < -0.39 is 9.84 Å². The van der Waals surface area contributed by atoms with Crippen molar-refractivity contribution < 1.29 is 8.42 Å². The van der Waals surface area contributed by atoms with Gasteiger partial charge in [-0.05, 0) is 51.3 Å². The van der Waals surface area contributed by atoms with Crippen LogP contribution in [0.5, 0.6) is 0 Å². The van der Waals surface area contributed by atoms with Crippen LogP contribution in [-0.4, -0.2) is 44.5 Å². The Morgan fingerprint density at radius 1 is 1.25 bits per heavy atom. The highest BCUT2D eigenvalue weighted by Crippen LogP contribution is 2.21. The van der Waals surface area contributed by atoms with Crippen LogP contribution < -0.4 is 0 Å². The third-order valence-electron chi connectivity index (χ3n) is 4.05. The molecule has 1 atom stereocenters. The summed E-state index contributed by atoms with van der Waals surface area (Å²) in [6, 6.07) is 9.33. The lowest BCUT2D eigenvalue weighted by molar-refractivity contribution is 0.253. The van der Waals surface area contributed by atoms with Crippen LogP contribution in [0.3, 0.4) is 0 Å². The first-order valence-corrected chi connectivity index (χ1v) is 9.47. The Morgan fingerprint density at radius 3 is 2.60 bits per heavy atom. The molecule has 4 heteroatoms. The van der Waals surface area contributed by atoms with Crippen molar-refractivity contribution in [2.24, 2.45) is 0 Å². The van der Waals surface area contributed by atoms with Crippen molar-refractivity contribution in [1.29, 1.82) is 0 Å². The summed E-state index contributed by atoms with van der Waals surface area (Å²) in [6.45, 7) is 4.13. The highest BCUT2D eigenvalue weighted by molar-refractivity contribution is 7.90. The molecule has 0 spiro atoms. The molecule has 0 radical (unpaired) electrons. The summed E-state index contributed by atoms with van der Waals surface area (Å²) in [4.78, 5) is 2.46. The van der Waals surface area contributed by atoms with Gasteiger partial charge in [-0.3, -0.25) is 0 Å². The first-order chi connectivity index (χ1) is 9.44. The Morgan fingerprint density at radius 2 is 1.95 bits per heavy atom. The molecule has 1 fully saturated rings. The third kappa shape index (κ3) is 4.91. The molecule has 0 amide bonds. The van der Waals surface area contributed by atoms with Gasteiger partial charge >= 0.3 is 0 Å². The maximum atomic E-state index is 11.2. The molecule has 1 aliphatic heterocycles. The molecule has 2 rings (SSSR count). The van der Waals surface area contributed by atoms with Crippen molar-refractivity contribution in [3.8, 4) is 0 Å². The Labute approximate surface area is 122 Å². The highest BCUT2D eigenvalue weighted by atomic mass is 32.2. The number of aryl methyl sites for hydroxylation is 1. The molecular formula is C16H25NO2S. The minimum Gasteiger partial charge on any atom is -0.300 e. The van der Waals surface area contributed by atoms with E-state index in [1.54, 1.807) is 0 Å². The number of rotatable bonds is 6. The van der Waals surface area contributed by atoms with E-state index in [0.717, 1.165) is 25.9 Å². The van der Waals surface area contributed by atoms with E-state index in [1.807, 2.05) is 0 Å². The first kappa shape index (κ1) is 15.5. The average molecular weight is 295 g/mol. The zero-order chi connectivity index (χ0) is 14.6. The quantitative estimate of drug-likeness (QED) is 0.809. The summed E-state index contributed by atoms with van der Waals surface area (Å²) in [5.74, 6) is 0.306. The fourth-order valence-corrected chi connectivity index (χ4v) is 3.60. The number of hydrogen-bond donors (Lipinski definition) is 0. The summed E-state index contributed by atoms with van der Waals surface area (Å²) < 4.78 is 22.4. The maximum Gasteiger partial charge on any atom is 0.147 e. The van der Waals surface area contributed by atoms with Crippen LogP contribution in [0.15, 0.2) is 24.3 Å². The van der Waals surface area contributed by atoms with E-state index in [0.29, 0.717) is 11.8 Å². The number of likely N-dealkylation sites (tertiary alicyclic amines) is 1. The molecule has 1 aromatic carbocycles. The number of nitrogens with zero attached hydrogens (tertiary/aromatic N) is 1. The van der Waals surface area contributed by atoms with Crippen molar-refractivity contribution in [2.75, 3.05) is 25.1 Å². The molecule has 0 aromatic heterocycles. The lowest BCUT2D eigenvalue weighted by Crippen LogP contribution is -2.32. The van der Waals surface area contributed by atoms with Gasteiger partial charge in [-0.25, -0.2) is 8.42 Å². The molecule has 0 N–H and O–H groups in total. The largest absolute Gasteiger partial charge is 0.300 e. The normalized spacial score (nSPS) is 20.4. The van der Waals surface area contributed by atoms with Gasteiger partial charge in [-0.2, -0.15) is 0 Å². The monoisotopic (exact) mass is 295 g/mol. The van der Waals surface area contributed by atoms with Crippen molar-refractivity contribution in [3.05, 3.63) is 35.4 Å². The molecule has 1 heterocycles. The summed E-state index contributed by atoms with van der Waals surface area (Å²) in [6.07, 6.45) is 5.62. The predicted molar refractivity (Wildman–Crippen MR) is 83.8 cm³/mol. The van der Waals surface area contributed by atoms with Crippen molar-refractivity contribution in [1.82, 2.24) is 4.90 Å². The summed E-state index contributed by atoms with van der Waals surface area (Å²) in [7, 11) is -2.82. The second-order valence-electron chi connectivity index (χ2n) is 6.01. The minimum absolute atomic E-state index is 0.306. The van der Waals surface area contributed by atoms with Crippen LogP contribution >= 0.6 is 0 Å². The van der Waals surface area contributed by atoms with Gasteiger partial charge in [0.1, 0.15) is 9.84 Å². The second-order valence-corrected chi connectivity index (χ2v) is 8.26. The number of benzene rings is 1. The van der Waals surface area contributed by atoms with E-state index in [4.69, 9.17) is 0 Å². The standard InChI is InChI=1S/C16H25NO2S/c1-14-6-8-15(9-7-14)13-16-5-3-10-17(16)11-4-12-20(2,18)19/h6-9,16H,3-5,10-13H2,1-2H3/t16-/m1/s1. The molecule has 0 bridgehead atoms. The van der Waals surface area contributed by atoms with E-state index in [-0.39, 0.29) is 0 Å². The molecule has 1 aromatic rings. The van der Waals surface area contributed by atoms with E-state index in [2.05, 4.69) is 36.1 Å². The molecule has 0 unspecified atom stereocenters. The Balaban J connectivity index is 1.85. The molecule has 0 aliphatic carbocycles. The van der Waals surface area contributed by atoms with Gasteiger partial charge in [0.15, 0.2) is 0 Å². The molecule has 3 nitrogen and oxygen atoms in total. The third-order valence-corrected chi connectivity index (χ3v) is 5.08. The van der Waals surface area contributed by atoms with Crippen LogP contribution in [0, 0.1) is 6.92 Å². The van der Waals surface area contributed by atoms with Gasteiger partial charge in [0.2, 0.25) is 0 Å². The maximum absolute atomic E-state index is 11.2. The first-order valence-electron chi connectivity index (χ1n) is 7.41. The van der Waals surface area contributed by atoms with Gasteiger partial charge < -0.3 is 4.90 Å². The number of sulfone groups is 1. The van der Waals surface area contributed by atoms with E-state index >= 15 is 0 Å². The molecule has 0 saturated carbocycles. The van der Waals surface area contributed by atoms with Gasteiger partial charge in [0, 0.05) is 12.3 Å². The average Bonchev–Trinajstić information content (AvgIpc) is 2.78. The smallest absolute Gasteiger partial charge is 0.147 e. The molecular weight excluding hydrogens is 270 g/mol. The van der Waals surface area contributed by atoms with Gasteiger partial charge in [0.25, 0.3) is 0 Å². The minimum atomic E-state index is -2.82. The van der Waals surface area contributed by atoms with Crippen LogP contribution in [-0.2, 0) is 16.3 Å². The van der Waals surface area contributed by atoms with Gasteiger partial charge in [-0.15, -0.1) is 0 Å². The second kappa shape index (κ2) is 6.72. The zero-order valence-electron chi connectivity index (χ0n) is 12.5. The molecule has 1 saturated heterocycles. The molecule has 1 aliphatic rings. The van der Waals surface area contributed by atoms with Crippen LogP contribution in [0.1, 0.15) is 30.4 Å². The fourth-order valence-electron chi connectivity index (χ4n) is 2.95. The SMILES string of the molecule is Cc1ccc(C[C@H]2CCCN2CCCS(C)(=O)=O)cc1. The summed E-state index contributed by atoms with van der Waals surface area (Å²) in [5, 5.41) is 0. The van der Waals surface area contributed by atoms with Gasteiger partial charge in [-0.1, -0.05) is 29.8 Å². The zero-order valence-corrected chi connectivity index (χ0v) is 13.3. The van der Waals surface area contributed by atoms with Gasteiger partial charge in [0.05, 0.1) is 5.75 Å². The Hall–Kier alpha value is -0.870. The van der Waals surface area contributed by atoms with E-state index in [1.165, 1.54) is 30.2 Å². The van der Waals surface area contributed by atoms with Crippen LogP contribution in [0.4, 0.5) is 0 Å². The Kier molecular flexibility index (Phi) is 5.22. The highest BCUT2D eigenvalue weighted by Gasteiger charge is 2.24. The lowest BCUT2D eigenvalue weighted by Gasteiger charge is -2.24. The molecule has 20 heavy (non-hydrogen) atoms. The van der Waals surface area contributed by atoms with Crippen LogP contribution in [0.2, 0.25) is 0 Å². The summed E-state index contributed by atoms with van der Waals surface area (Å²) >= 11 is 0. The van der Waals surface area contributed by atoms with Crippen LogP contribution in [0.25, 0.3) is 0 Å². The summed E-state index contributed by atoms with van der Waals surface area (Å²) in [5.41, 5.74) is 2.68. The lowest BCUT2D eigenvalue weighted by atomic mass is 10.0. The number of hydrogen-bond acceptors (Lipinski definition) is 3. The van der Waals surface area contributed by atoms with Crippen molar-refractivity contribution >= 4 is 9.84 Å². The molecule has 112 valence electrons.